The van der Waals surface area contributed by atoms with Gasteiger partial charge in [-0.2, -0.15) is 0 Å². The van der Waals surface area contributed by atoms with E-state index < -0.39 is 11.6 Å². The average Bonchev–Trinajstić information content (AvgIpc) is 2.70. The first kappa shape index (κ1) is 20.8. The predicted octanol–water partition coefficient (Wildman–Crippen LogP) is 7.89. The highest BCUT2D eigenvalue weighted by Crippen LogP contribution is 2.39. The molecule has 0 unspecified atom stereocenters. The number of benzene rings is 1. The molecule has 0 amide bonds. The molecule has 3 heteroatoms. The Kier molecular flexibility index (Phi) is 8.11. The van der Waals surface area contributed by atoms with Crippen molar-refractivity contribution in [1.29, 1.82) is 0 Å². The first-order chi connectivity index (χ1) is 13.2. The van der Waals surface area contributed by atoms with E-state index in [9.17, 15) is 8.78 Å². The molecule has 1 saturated carbocycles. The average molecular weight is 390 g/mol. The van der Waals surface area contributed by atoms with Crippen molar-refractivity contribution in [3.05, 3.63) is 48.1 Å². The van der Waals surface area contributed by atoms with Crippen molar-refractivity contribution in [2.45, 2.75) is 88.3 Å². The Hall–Kier alpha value is -0.963. The van der Waals surface area contributed by atoms with Crippen LogP contribution in [0.3, 0.4) is 0 Å². The normalized spacial score (nSPS) is 24.8. The monoisotopic (exact) mass is 389 g/mol. The number of unbranched alkanes of at least 4 members (excludes halogenated alkanes) is 1. The maximum Gasteiger partial charge on any atom is 0.159 e. The van der Waals surface area contributed by atoms with E-state index in [1.165, 1.54) is 81.6 Å². The minimum Gasteiger partial charge on any atom is -0.204 e. The Bertz CT molecular complexity index is 584. The molecule has 1 aromatic carbocycles. The maximum absolute atomic E-state index is 13.5. The van der Waals surface area contributed by atoms with Gasteiger partial charge in [-0.15, -0.1) is 6.58 Å². The summed E-state index contributed by atoms with van der Waals surface area (Å²) in [5, 5.41) is 0. The van der Waals surface area contributed by atoms with Gasteiger partial charge in [0.1, 0.15) is 0 Å². The molecule has 1 saturated heterocycles. The highest BCUT2D eigenvalue weighted by atomic mass is 28.3. The zero-order valence-electron chi connectivity index (χ0n) is 16.7. The Labute approximate surface area is 166 Å². The lowest BCUT2D eigenvalue weighted by Gasteiger charge is -2.32. The van der Waals surface area contributed by atoms with Crippen LogP contribution in [0.1, 0.15) is 75.7 Å². The Morgan fingerprint density at radius 2 is 1.59 bits per heavy atom. The third-order valence-corrected chi connectivity index (χ3v) is 10.0. The lowest BCUT2D eigenvalue weighted by Crippen LogP contribution is -2.22. The van der Waals surface area contributed by atoms with Gasteiger partial charge in [0, 0.05) is 8.80 Å². The van der Waals surface area contributed by atoms with Gasteiger partial charge in [0.25, 0.3) is 0 Å². The number of hydrogen-bond donors (Lipinski definition) is 0. The topological polar surface area (TPSA) is 0 Å². The van der Waals surface area contributed by atoms with Crippen molar-refractivity contribution in [3.63, 3.8) is 0 Å². The van der Waals surface area contributed by atoms with Gasteiger partial charge < -0.3 is 0 Å². The van der Waals surface area contributed by atoms with E-state index in [-0.39, 0.29) is 8.80 Å². The van der Waals surface area contributed by atoms with Gasteiger partial charge in [-0.1, -0.05) is 62.4 Å². The molecule has 1 aliphatic carbocycles. The van der Waals surface area contributed by atoms with Crippen LogP contribution < -0.4 is 0 Å². The van der Waals surface area contributed by atoms with E-state index in [4.69, 9.17) is 0 Å². The molecule has 27 heavy (non-hydrogen) atoms. The molecule has 0 aromatic heterocycles. The third kappa shape index (κ3) is 6.27. The van der Waals surface area contributed by atoms with E-state index in [1.807, 2.05) is 0 Å². The summed E-state index contributed by atoms with van der Waals surface area (Å²) in [6.07, 6.45) is 15.2. The Morgan fingerprint density at radius 1 is 0.926 bits per heavy atom. The van der Waals surface area contributed by atoms with Crippen LogP contribution in [0.4, 0.5) is 8.78 Å². The zero-order chi connectivity index (χ0) is 19.1. The molecule has 2 fully saturated rings. The second-order valence-electron chi connectivity index (χ2n) is 8.84. The van der Waals surface area contributed by atoms with Crippen LogP contribution in [0.15, 0.2) is 30.9 Å². The first-order valence-electron chi connectivity index (χ1n) is 11.0. The summed E-state index contributed by atoms with van der Waals surface area (Å²) >= 11 is 0. The number of allylic oxidation sites excluding steroid dienone is 1. The summed E-state index contributed by atoms with van der Waals surface area (Å²) in [4.78, 5) is 0. The minimum absolute atomic E-state index is 0.0444. The molecule has 1 aliphatic heterocycles. The van der Waals surface area contributed by atoms with E-state index in [0.717, 1.165) is 30.2 Å². The molecule has 0 atom stereocenters. The summed E-state index contributed by atoms with van der Waals surface area (Å²) in [7, 11) is -0.0444. The standard InChI is InChI=1S/C24H35F2Si/c1-2-3-4-15-27-16-13-20(14-17-27)6-5-19-7-9-21(10-8-19)22-11-12-23(25)24(26)18-22/h2,11-12,18-21H,1,3-10,13-17H2. The molecular weight excluding hydrogens is 354 g/mol. The molecule has 1 heterocycles. The van der Waals surface area contributed by atoms with E-state index in [0.29, 0.717) is 5.92 Å². The van der Waals surface area contributed by atoms with Gasteiger partial charge in [0.15, 0.2) is 11.6 Å². The summed E-state index contributed by atoms with van der Waals surface area (Å²) in [5.41, 5.74) is 0.991. The summed E-state index contributed by atoms with van der Waals surface area (Å²) < 4.78 is 26.6. The van der Waals surface area contributed by atoms with Crippen LogP contribution in [0, 0.1) is 23.5 Å². The van der Waals surface area contributed by atoms with Crippen LogP contribution in [0.2, 0.25) is 18.1 Å². The SMILES string of the molecule is C=CCCC[Si]1CCC(CCC2CCC(c3ccc(F)c(F)c3)CC2)CC1. The van der Waals surface area contributed by atoms with Crippen molar-refractivity contribution >= 4 is 8.80 Å². The van der Waals surface area contributed by atoms with Crippen LogP contribution in [0.5, 0.6) is 0 Å². The van der Waals surface area contributed by atoms with Crippen molar-refractivity contribution < 1.29 is 8.78 Å². The molecule has 0 N–H and O–H groups in total. The summed E-state index contributed by atoms with van der Waals surface area (Å²) in [6.45, 7) is 3.83. The fourth-order valence-electron chi connectivity index (χ4n) is 5.14. The van der Waals surface area contributed by atoms with E-state index in [1.54, 1.807) is 6.07 Å². The van der Waals surface area contributed by atoms with Crippen LogP contribution in [0.25, 0.3) is 0 Å². The van der Waals surface area contributed by atoms with Gasteiger partial charge in [0.05, 0.1) is 0 Å². The van der Waals surface area contributed by atoms with E-state index in [2.05, 4.69) is 12.7 Å². The fraction of sp³-hybridized carbons (Fsp3) is 0.667. The van der Waals surface area contributed by atoms with Crippen molar-refractivity contribution in [1.82, 2.24) is 0 Å². The Morgan fingerprint density at radius 3 is 2.22 bits per heavy atom. The Balaban J connectivity index is 1.33. The predicted molar refractivity (Wildman–Crippen MR) is 113 cm³/mol. The lowest BCUT2D eigenvalue weighted by atomic mass is 9.76. The first-order valence-corrected chi connectivity index (χ1v) is 13.2. The molecule has 0 bridgehead atoms. The second kappa shape index (κ2) is 10.5. The van der Waals surface area contributed by atoms with Crippen molar-refractivity contribution in [2.24, 2.45) is 11.8 Å². The zero-order valence-corrected chi connectivity index (χ0v) is 17.7. The van der Waals surface area contributed by atoms with Gasteiger partial charge in [-0.3, -0.25) is 0 Å². The maximum atomic E-state index is 13.5. The molecule has 1 radical (unpaired) electrons. The molecular formula is C24H35F2Si. The molecule has 149 valence electrons. The minimum atomic E-state index is -0.731. The summed E-state index contributed by atoms with van der Waals surface area (Å²) in [6, 6.07) is 9.05. The van der Waals surface area contributed by atoms with Gasteiger partial charge in [-0.05, 0) is 67.6 Å². The van der Waals surface area contributed by atoms with Gasteiger partial charge >= 0.3 is 0 Å². The highest BCUT2D eigenvalue weighted by molar-refractivity contribution is 6.58. The van der Waals surface area contributed by atoms with Crippen LogP contribution in [-0.4, -0.2) is 8.80 Å². The smallest absolute Gasteiger partial charge is 0.159 e. The second-order valence-corrected chi connectivity index (χ2v) is 11.8. The fourth-order valence-corrected chi connectivity index (χ4v) is 8.23. The van der Waals surface area contributed by atoms with Crippen molar-refractivity contribution in [2.75, 3.05) is 0 Å². The number of halogens is 2. The largest absolute Gasteiger partial charge is 0.204 e. The quantitative estimate of drug-likeness (QED) is 0.241. The van der Waals surface area contributed by atoms with Gasteiger partial charge in [-0.25, -0.2) is 8.78 Å². The molecule has 2 aliphatic rings. The van der Waals surface area contributed by atoms with Crippen LogP contribution in [-0.2, 0) is 0 Å². The molecule has 0 nitrogen and oxygen atoms in total. The van der Waals surface area contributed by atoms with Crippen molar-refractivity contribution in [3.8, 4) is 0 Å². The molecule has 1 aromatic rings. The summed E-state index contributed by atoms with van der Waals surface area (Å²) in [5.74, 6) is 0.821. The third-order valence-electron chi connectivity index (χ3n) is 7.00. The molecule has 3 rings (SSSR count). The number of hydrogen-bond acceptors (Lipinski definition) is 0. The van der Waals surface area contributed by atoms with E-state index >= 15 is 0 Å². The van der Waals surface area contributed by atoms with Crippen LogP contribution >= 0.6 is 0 Å². The highest BCUT2D eigenvalue weighted by Gasteiger charge is 2.26. The van der Waals surface area contributed by atoms with Gasteiger partial charge in [0.2, 0.25) is 0 Å². The number of rotatable bonds is 8. The lowest BCUT2D eigenvalue weighted by molar-refractivity contribution is 0.280. The molecule has 0 spiro atoms.